The predicted octanol–water partition coefficient (Wildman–Crippen LogP) is 0.471. The second-order valence-corrected chi connectivity index (χ2v) is 3.69. The fourth-order valence-corrected chi connectivity index (χ4v) is 2.14. The van der Waals surface area contributed by atoms with Crippen LogP contribution in [-0.2, 0) is 0 Å². The summed E-state index contributed by atoms with van der Waals surface area (Å²) < 4.78 is 0. The molecule has 1 N–H and O–H groups in total. The smallest absolute Gasteiger partial charge is 0.0413 e. The van der Waals surface area contributed by atoms with Gasteiger partial charge in [0.1, 0.15) is 0 Å². The number of H-pyrrole nitrogens is 1. The Bertz CT molecular complexity index is 362. The monoisotopic (exact) mass is 145 g/mol. The maximum Gasteiger partial charge on any atom is 0.0413 e. The Hall–Kier alpha value is -0.980. The highest BCUT2D eigenvalue weighted by molar-refractivity contribution is 5.49. The number of fused-ring (bicyclic) bond motifs is 2. The quantitative estimate of drug-likeness (QED) is 0.546. The van der Waals surface area contributed by atoms with E-state index in [1.165, 1.54) is 10.6 Å². The highest BCUT2D eigenvalue weighted by Gasteiger charge is 2.44. The molecule has 3 atom stereocenters. The van der Waals surface area contributed by atoms with Crippen molar-refractivity contribution >= 4 is 12.2 Å². The van der Waals surface area contributed by atoms with E-state index < -0.39 is 0 Å². The average Bonchev–Trinajstić information content (AvgIpc) is 2.50. The van der Waals surface area contributed by atoms with Gasteiger partial charge in [0.25, 0.3) is 0 Å². The molecule has 1 aromatic heterocycles. The normalized spacial score (nSPS) is 38.1. The van der Waals surface area contributed by atoms with Gasteiger partial charge in [-0.3, -0.25) is 0 Å². The third-order valence-electron chi connectivity index (χ3n) is 3.06. The fraction of sp³-hybridized carbons (Fsp3) is 0.400. The van der Waals surface area contributed by atoms with Gasteiger partial charge in [0.05, 0.1) is 0 Å². The van der Waals surface area contributed by atoms with Crippen LogP contribution in [0.15, 0.2) is 12.3 Å². The molecule has 0 spiro atoms. The van der Waals surface area contributed by atoms with Crippen LogP contribution in [0.3, 0.4) is 0 Å². The summed E-state index contributed by atoms with van der Waals surface area (Å²) in [6, 6.07) is 2.16. The summed E-state index contributed by atoms with van der Waals surface area (Å²) >= 11 is 0. The van der Waals surface area contributed by atoms with Crippen LogP contribution in [0.1, 0.15) is 6.92 Å². The number of hydrogen-bond donors (Lipinski definition) is 1. The maximum absolute atomic E-state index is 3.25. The zero-order chi connectivity index (χ0) is 7.42. The van der Waals surface area contributed by atoms with Gasteiger partial charge in [0.2, 0.25) is 0 Å². The van der Waals surface area contributed by atoms with Crippen molar-refractivity contribution in [3.05, 3.63) is 22.8 Å². The highest BCUT2D eigenvalue weighted by Crippen LogP contribution is 2.48. The molecule has 1 aromatic rings. The Morgan fingerprint density at radius 1 is 1.27 bits per heavy atom. The van der Waals surface area contributed by atoms with Crippen molar-refractivity contribution in [1.82, 2.24) is 4.98 Å². The molecular weight excluding hydrogens is 134 g/mol. The zero-order valence-electron chi connectivity index (χ0n) is 6.54. The Kier molecular flexibility index (Phi) is 0.823. The first-order valence-electron chi connectivity index (χ1n) is 4.23. The number of rotatable bonds is 0. The van der Waals surface area contributed by atoms with Gasteiger partial charge in [0.15, 0.2) is 0 Å². The Morgan fingerprint density at radius 3 is 3.00 bits per heavy atom. The molecule has 11 heavy (non-hydrogen) atoms. The standard InChI is InChI=1S/C10H11N/c1-6-8-4-7-2-3-11-10(7)5-9(6)8/h2-6,8-9,11H,1H3. The van der Waals surface area contributed by atoms with Gasteiger partial charge in [-0.2, -0.15) is 0 Å². The maximum atomic E-state index is 3.25. The molecule has 3 unspecified atom stereocenters. The van der Waals surface area contributed by atoms with Gasteiger partial charge in [-0.1, -0.05) is 19.1 Å². The molecule has 0 amide bonds. The van der Waals surface area contributed by atoms with Crippen LogP contribution in [0.2, 0.25) is 0 Å². The van der Waals surface area contributed by atoms with E-state index in [4.69, 9.17) is 0 Å². The van der Waals surface area contributed by atoms with E-state index in [0.717, 1.165) is 17.8 Å². The molecule has 1 saturated carbocycles. The van der Waals surface area contributed by atoms with Gasteiger partial charge in [-0.15, -0.1) is 0 Å². The molecule has 56 valence electrons. The van der Waals surface area contributed by atoms with Crippen LogP contribution in [0.25, 0.3) is 12.2 Å². The third kappa shape index (κ3) is 0.609. The fourth-order valence-electron chi connectivity index (χ4n) is 2.14. The second-order valence-electron chi connectivity index (χ2n) is 3.69. The lowest BCUT2D eigenvalue weighted by molar-refractivity contribution is 0.905. The summed E-state index contributed by atoms with van der Waals surface area (Å²) in [6.45, 7) is 2.33. The van der Waals surface area contributed by atoms with Crippen molar-refractivity contribution in [1.29, 1.82) is 0 Å². The molecule has 0 aliphatic heterocycles. The Morgan fingerprint density at radius 2 is 2.09 bits per heavy atom. The van der Waals surface area contributed by atoms with Crippen molar-refractivity contribution in [3.8, 4) is 0 Å². The number of aromatic amines is 1. The molecule has 2 aliphatic rings. The van der Waals surface area contributed by atoms with E-state index >= 15 is 0 Å². The molecular formula is C10H11N. The van der Waals surface area contributed by atoms with Gasteiger partial charge < -0.3 is 4.98 Å². The third-order valence-corrected chi connectivity index (χ3v) is 3.06. The van der Waals surface area contributed by atoms with Crippen LogP contribution in [0, 0.1) is 17.8 Å². The Labute approximate surface area is 65.4 Å². The minimum atomic E-state index is 0.834. The predicted molar refractivity (Wildman–Crippen MR) is 45.1 cm³/mol. The molecule has 0 aromatic carbocycles. The molecule has 1 fully saturated rings. The summed E-state index contributed by atoms with van der Waals surface area (Å²) in [5, 5.41) is 2.73. The zero-order valence-corrected chi connectivity index (χ0v) is 6.54. The second kappa shape index (κ2) is 1.60. The first kappa shape index (κ1) is 5.64. The van der Waals surface area contributed by atoms with Crippen LogP contribution in [-0.4, -0.2) is 4.98 Å². The molecule has 1 nitrogen and oxygen atoms in total. The summed E-state index contributed by atoms with van der Waals surface area (Å²) in [6.07, 6.45) is 6.80. The van der Waals surface area contributed by atoms with Gasteiger partial charge >= 0.3 is 0 Å². The molecule has 0 bridgehead atoms. The van der Waals surface area contributed by atoms with Gasteiger partial charge in [-0.25, -0.2) is 0 Å². The molecule has 2 aliphatic carbocycles. The first-order valence-corrected chi connectivity index (χ1v) is 4.23. The topological polar surface area (TPSA) is 15.8 Å². The van der Waals surface area contributed by atoms with Gasteiger partial charge in [-0.05, 0) is 29.0 Å². The lowest BCUT2D eigenvalue weighted by atomic mass is 10.2. The van der Waals surface area contributed by atoms with Crippen LogP contribution >= 0.6 is 0 Å². The summed E-state index contributed by atoms with van der Waals surface area (Å²) in [7, 11) is 0. The largest absolute Gasteiger partial charge is 0.361 e. The average molecular weight is 145 g/mol. The summed E-state index contributed by atoms with van der Waals surface area (Å²) in [4.78, 5) is 3.25. The molecule has 3 rings (SSSR count). The van der Waals surface area contributed by atoms with E-state index in [2.05, 4.69) is 30.1 Å². The van der Waals surface area contributed by atoms with Crippen LogP contribution < -0.4 is 10.6 Å². The SMILES string of the molecule is CC1C2C=c3cc[nH]c3=CC12. The summed E-state index contributed by atoms with van der Waals surface area (Å²) in [5.41, 5.74) is 0. The van der Waals surface area contributed by atoms with E-state index in [0.29, 0.717) is 0 Å². The van der Waals surface area contributed by atoms with E-state index in [9.17, 15) is 0 Å². The van der Waals surface area contributed by atoms with Gasteiger partial charge in [0, 0.05) is 11.5 Å². The summed E-state index contributed by atoms with van der Waals surface area (Å²) in [5.74, 6) is 2.57. The Balaban J connectivity index is 2.31. The van der Waals surface area contributed by atoms with Crippen molar-refractivity contribution in [2.24, 2.45) is 17.8 Å². The number of hydrogen-bond acceptors (Lipinski definition) is 0. The van der Waals surface area contributed by atoms with Crippen molar-refractivity contribution in [2.75, 3.05) is 0 Å². The van der Waals surface area contributed by atoms with Crippen molar-refractivity contribution in [2.45, 2.75) is 6.92 Å². The lowest BCUT2D eigenvalue weighted by Gasteiger charge is -1.90. The van der Waals surface area contributed by atoms with E-state index in [-0.39, 0.29) is 0 Å². The number of aromatic nitrogens is 1. The first-order chi connectivity index (χ1) is 5.36. The lowest BCUT2D eigenvalue weighted by Crippen LogP contribution is -2.24. The highest BCUT2D eigenvalue weighted by atomic mass is 14.7. The van der Waals surface area contributed by atoms with Crippen LogP contribution in [0.5, 0.6) is 0 Å². The van der Waals surface area contributed by atoms with Crippen molar-refractivity contribution < 1.29 is 0 Å². The molecule has 1 heteroatoms. The molecule has 0 radical (unpaired) electrons. The van der Waals surface area contributed by atoms with E-state index in [1.807, 2.05) is 6.20 Å². The minimum absolute atomic E-state index is 0.834. The number of nitrogens with one attached hydrogen (secondary N) is 1. The molecule has 1 heterocycles. The van der Waals surface area contributed by atoms with Crippen LogP contribution in [0.4, 0.5) is 0 Å². The van der Waals surface area contributed by atoms with Crippen molar-refractivity contribution in [3.63, 3.8) is 0 Å². The molecule has 0 saturated heterocycles. The minimum Gasteiger partial charge on any atom is -0.361 e. The van der Waals surface area contributed by atoms with E-state index in [1.54, 1.807) is 0 Å².